The van der Waals surface area contributed by atoms with E-state index in [2.05, 4.69) is 10.6 Å². The van der Waals surface area contributed by atoms with E-state index >= 15 is 0 Å². The zero-order valence-corrected chi connectivity index (χ0v) is 12.3. The number of urea groups is 1. The molecule has 1 atom stereocenters. The first-order chi connectivity index (χ1) is 10.5. The van der Waals surface area contributed by atoms with Gasteiger partial charge in [-0.05, 0) is 36.2 Å². The molecule has 0 aliphatic heterocycles. The van der Waals surface area contributed by atoms with Crippen LogP contribution in [0.4, 0.5) is 10.5 Å². The van der Waals surface area contributed by atoms with Crippen molar-refractivity contribution in [1.29, 1.82) is 0 Å². The highest BCUT2D eigenvalue weighted by atomic mass is 35.5. The van der Waals surface area contributed by atoms with Crippen molar-refractivity contribution < 1.29 is 14.7 Å². The molecule has 0 aliphatic carbocycles. The Labute approximate surface area is 132 Å². The van der Waals surface area contributed by atoms with Crippen LogP contribution >= 0.6 is 11.6 Å². The number of anilines is 1. The van der Waals surface area contributed by atoms with E-state index in [4.69, 9.17) is 11.6 Å². The van der Waals surface area contributed by atoms with Crippen LogP contribution in [0.2, 0.25) is 5.02 Å². The number of amides is 2. The molecule has 0 fully saturated rings. The summed E-state index contributed by atoms with van der Waals surface area (Å²) in [5.74, 6) is -1.34. The van der Waals surface area contributed by atoms with Gasteiger partial charge >= 0.3 is 6.03 Å². The van der Waals surface area contributed by atoms with Crippen LogP contribution in [0.5, 0.6) is 0 Å². The third kappa shape index (κ3) is 4.79. The number of carboxylic acids is 1. The third-order valence-corrected chi connectivity index (χ3v) is 3.23. The lowest BCUT2D eigenvalue weighted by Gasteiger charge is -2.20. The van der Waals surface area contributed by atoms with Crippen molar-refractivity contribution in [2.45, 2.75) is 12.5 Å². The first-order valence-electron chi connectivity index (χ1n) is 6.62. The Bertz CT molecular complexity index is 644. The minimum atomic E-state index is -1.34. The fourth-order valence-electron chi connectivity index (χ4n) is 1.90. The van der Waals surface area contributed by atoms with Crippen molar-refractivity contribution in [3.63, 3.8) is 0 Å². The van der Waals surface area contributed by atoms with Gasteiger partial charge in [0.25, 0.3) is 0 Å². The molecule has 0 aromatic heterocycles. The first kappa shape index (κ1) is 15.9. The molecule has 0 radical (unpaired) electrons. The summed E-state index contributed by atoms with van der Waals surface area (Å²) in [5.41, 5.74) is 1.31. The molecule has 0 aliphatic rings. The summed E-state index contributed by atoms with van der Waals surface area (Å²) in [6.07, 6.45) is 0.150. The zero-order chi connectivity index (χ0) is 15.9. The van der Waals surface area contributed by atoms with Gasteiger partial charge in [0, 0.05) is 10.7 Å². The Morgan fingerprint density at radius 3 is 2.27 bits per heavy atom. The van der Waals surface area contributed by atoms with Crippen LogP contribution < -0.4 is 15.7 Å². The van der Waals surface area contributed by atoms with Crippen LogP contribution in [0.3, 0.4) is 0 Å². The summed E-state index contributed by atoms with van der Waals surface area (Å²) < 4.78 is 0. The Hall–Kier alpha value is -2.53. The fraction of sp³-hybridized carbons (Fsp3) is 0.125. The molecule has 2 aromatic carbocycles. The Balaban J connectivity index is 1.97. The number of hydrogen-bond donors (Lipinski definition) is 2. The highest BCUT2D eigenvalue weighted by Gasteiger charge is 2.14. The number of carbonyl (C=O) groups is 2. The third-order valence-electron chi connectivity index (χ3n) is 2.97. The fourth-order valence-corrected chi connectivity index (χ4v) is 2.03. The summed E-state index contributed by atoms with van der Waals surface area (Å²) >= 11 is 5.75. The number of nitrogens with one attached hydrogen (secondary N) is 2. The van der Waals surface area contributed by atoms with Gasteiger partial charge in [-0.3, -0.25) is 0 Å². The predicted octanol–water partition coefficient (Wildman–Crippen LogP) is 1.82. The van der Waals surface area contributed by atoms with Gasteiger partial charge in [0.15, 0.2) is 0 Å². The zero-order valence-electron chi connectivity index (χ0n) is 11.6. The van der Waals surface area contributed by atoms with E-state index in [1.54, 1.807) is 48.5 Å². The molecule has 5 nitrogen and oxygen atoms in total. The van der Waals surface area contributed by atoms with E-state index in [1.165, 1.54) is 0 Å². The number of halogens is 1. The molecule has 6 heteroatoms. The Morgan fingerprint density at radius 2 is 1.68 bits per heavy atom. The standard InChI is InChI=1S/C16H15ClN2O3/c17-12-6-8-13(9-7-12)18-16(22)19-14(15(20)21)10-11-4-2-1-3-5-11/h1-9,14H,10H2,(H,20,21)(H2,18,19,22)/p-1/t14-/m1/s1. The predicted molar refractivity (Wildman–Crippen MR) is 82.5 cm³/mol. The number of aliphatic carboxylic acids is 1. The lowest BCUT2D eigenvalue weighted by atomic mass is 10.1. The van der Waals surface area contributed by atoms with E-state index in [0.717, 1.165) is 5.56 Å². The van der Waals surface area contributed by atoms with Crippen LogP contribution in [0.25, 0.3) is 0 Å². The minimum Gasteiger partial charge on any atom is -0.548 e. The van der Waals surface area contributed by atoms with E-state index in [1.807, 2.05) is 6.07 Å². The molecule has 2 rings (SSSR count). The number of carbonyl (C=O) groups excluding carboxylic acids is 2. The van der Waals surface area contributed by atoms with E-state index in [9.17, 15) is 14.7 Å². The molecule has 0 saturated carbocycles. The number of benzene rings is 2. The molecule has 0 heterocycles. The monoisotopic (exact) mass is 317 g/mol. The summed E-state index contributed by atoms with van der Waals surface area (Å²) in [6.45, 7) is 0. The smallest absolute Gasteiger partial charge is 0.319 e. The van der Waals surface area contributed by atoms with E-state index in [0.29, 0.717) is 10.7 Å². The highest BCUT2D eigenvalue weighted by molar-refractivity contribution is 6.30. The molecule has 0 saturated heterocycles. The highest BCUT2D eigenvalue weighted by Crippen LogP contribution is 2.13. The molecule has 2 aromatic rings. The Kier molecular flexibility index (Phi) is 5.38. The molecule has 114 valence electrons. The van der Waals surface area contributed by atoms with Gasteiger partial charge in [-0.2, -0.15) is 0 Å². The van der Waals surface area contributed by atoms with Crippen LogP contribution in [0.1, 0.15) is 5.56 Å². The molecule has 0 bridgehead atoms. The van der Waals surface area contributed by atoms with Gasteiger partial charge < -0.3 is 20.5 Å². The van der Waals surface area contributed by atoms with Gasteiger partial charge in [-0.25, -0.2) is 4.79 Å². The van der Waals surface area contributed by atoms with Crippen LogP contribution in [0.15, 0.2) is 54.6 Å². The van der Waals surface area contributed by atoms with Crippen LogP contribution in [-0.4, -0.2) is 18.0 Å². The van der Waals surface area contributed by atoms with Gasteiger partial charge in [-0.1, -0.05) is 41.9 Å². The van der Waals surface area contributed by atoms with Gasteiger partial charge in [0.1, 0.15) is 0 Å². The van der Waals surface area contributed by atoms with Crippen molar-refractivity contribution >= 4 is 29.3 Å². The lowest BCUT2D eigenvalue weighted by molar-refractivity contribution is -0.308. The molecule has 2 amide bonds. The number of hydrogen-bond acceptors (Lipinski definition) is 3. The molecular formula is C16H14ClN2O3-. The molecular weight excluding hydrogens is 304 g/mol. The summed E-state index contributed by atoms with van der Waals surface area (Å²) in [4.78, 5) is 23.0. The maximum absolute atomic E-state index is 11.9. The minimum absolute atomic E-state index is 0.150. The maximum Gasteiger partial charge on any atom is 0.319 e. The quantitative estimate of drug-likeness (QED) is 0.882. The SMILES string of the molecule is O=C(Nc1ccc(Cl)cc1)N[C@H](Cc1ccccc1)C(=O)[O-]. The molecule has 22 heavy (non-hydrogen) atoms. The normalized spacial score (nSPS) is 11.5. The summed E-state index contributed by atoms with van der Waals surface area (Å²) in [7, 11) is 0. The topological polar surface area (TPSA) is 81.3 Å². The average Bonchev–Trinajstić information content (AvgIpc) is 2.50. The second-order valence-corrected chi connectivity index (χ2v) is 5.10. The Morgan fingerprint density at radius 1 is 1.05 bits per heavy atom. The second kappa shape index (κ2) is 7.47. The lowest BCUT2D eigenvalue weighted by Crippen LogP contribution is -2.50. The van der Waals surface area contributed by atoms with Crippen molar-refractivity contribution in [3.05, 3.63) is 65.2 Å². The maximum atomic E-state index is 11.9. The number of rotatable bonds is 5. The van der Waals surface area contributed by atoms with E-state index in [-0.39, 0.29) is 6.42 Å². The van der Waals surface area contributed by atoms with Gasteiger partial charge in [0.05, 0.1) is 12.0 Å². The number of carboxylic acid groups (broad SMARTS) is 1. The molecule has 0 unspecified atom stereocenters. The largest absolute Gasteiger partial charge is 0.548 e. The first-order valence-corrected chi connectivity index (χ1v) is 7.00. The van der Waals surface area contributed by atoms with Gasteiger partial charge in [0.2, 0.25) is 0 Å². The average molecular weight is 318 g/mol. The summed E-state index contributed by atoms with van der Waals surface area (Å²) in [5, 5.41) is 16.6. The van der Waals surface area contributed by atoms with Crippen molar-refractivity contribution in [2.75, 3.05) is 5.32 Å². The molecule has 2 N–H and O–H groups in total. The summed E-state index contributed by atoms with van der Waals surface area (Å²) in [6, 6.07) is 13.8. The van der Waals surface area contributed by atoms with E-state index < -0.39 is 18.0 Å². The van der Waals surface area contributed by atoms with Crippen molar-refractivity contribution in [3.8, 4) is 0 Å². The van der Waals surface area contributed by atoms with Crippen LogP contribution in [0, 0.1) is 0 Å². The molecule has 0 spiro atoms. The van der Waals surface area contributed by atoms with Crippen molar-refractivity contribution in [1.82, 2.24) is 5.32 Å². The second-order valence-electron chi connectivity index (χ2n) is 4.67. The van der Waals surface area contributed by atoms with Gasteiger partial charge in [-0.15, -0.1) is 0 Å². The van der Waals surface area contributed by atoms with Crippen molar-refractivity contribution in [2.24, 2.45) is 0 Å². The van der Waals surface area contributed by atoms with Crippen LogP contribution in [-0.2, 0) is 11.2 Å².